The third-order valence-corrected chi connectivity index (χ3v) is 5.18. The number of anilines is 1. The number of phenols is 1. The van der Waals surface area contributed by atoms with Gasteiger partial charge < -0.3 is 24.4 Å². The van der Waals surface area contributed by atoms with Gasteiger partial charge in [0.25, 0.3) is 0 Å². The van der Waals surface area contributed by atoms with Crippen LogP contribution in [0.1, 0.15) is 24.4 Å². The Kier molecular flexibility index (Phi) is 7.72. The maximum atomic E-state index is 11.9. The van der Waals surface area contributed by atoms with Gasteiger partial charge in [-0.2, -0.15) is 9.98 Å². The van der Waals surface area contributed by atoms with Gasteiger partial charge in [0.2, 0.25) is 11.7 Å². The summed E-state index contributed by atoms with van der Waals surface area (Å²) in [5.41, 5.74) is 2.33. The summed E-state index contributed by atoms with van der Waals surface area (Å²) in [6, 6.07) is 12.0. The normalized spacial score (nSPS) is 12.3. The summed E-state index contributed by atoms with van der Waals surface area (Å²) in [6.07, 6.45) is 1.12. The van der Waals surface area contributed by atoms with Gasteiger partial charge in [0.1, 0.15) is 11.1 Å². The molecule has 0 bridgehead atoms. The maximum absolute atomic E-state index is 11.9. The van der Waals surface area contributed by atoms with E-state index in [1.165, 1.54) is 18.9 Å². The molecule has 10 heteroatoms. The van der Waals surface area contributed by atoms with Crippen LogP contribution < -0.4 is 10.1 Å². The topological polar surface area (TPSA) is 119 Å². The van der Waals surface area contributed by atoms with Crippen LogP contribution in [0.25, 0.3) is 11.4 Å². The highest BCUT2D eigenvalue weighted by Crippen LogP contribution is 2.33. The maximum Gasteiger partial charge on any atom is 0.434 e. The monoisotopic (exact) mass is 456 g/mol. The molecule has 0 spiro atoms. The highest BCUT2D eigenvalue weighted by atomic mass is 32.2. The number of hydrogen-bond acceptors (Lipinski definition) is 9. The Morgan fingerprint density at radius 1 is 1.28 bits per heavy atom. The van der Waals surface area contributed by atoms with Crippen molar-refractivity contribution in [3.63, 3.8) is 0 Å². The van der Waals surface area contributed by atoms with Crippen LogP contribution in [0.3, 0.4) is 0 Å². The van der Waals surface area contributed by atoms with Crippen LogP contribution in [0.2, 0.25) is 0 Å². The molecule has 3 aromatic rings. The minimum Gasteiger partial charge on any atom is -0.504 e. The number of carbonyl (C=O) groups is 1. The summed E-state index contributed by atoms with van der Waals surface area (Å²) in [7, 11) is 1.28. The van der Waals surface area contributed by atoms with Crippen molar-refractivity contribution in [1.82, 2.24) is 10.1 Å². The van der Waals surface area contributed by atoms with Gasteiger partial charge in [0.15, 0.2) is 11.5 Å². The van der Waals surface area contributed by atoms with Crippen LogP contribution >= 0.6 is 11.8 Å². The van der Waals surface area contributed by atoms with E-state index in [9.17, 15) is 9.90 Å². The Hall–Kier alpha value is -3.53. The largest absolute Gasteiger partial charge is 0.504 e. The number of nitrogens with one attached hydrogen (secondary N) is 1. The van der Waals surface area contributed by atoms with Crippen LogP contribution in [0.5, 0.6) is 11.5 Å². The van der Waals surface area contributed by atoms with E-state index < -0.39 is 12.1 Å². The number of aliphatic imine (C=N–C) groups is 1. The number of aromatic hydroxyl groups is 1. The fourth-order valence-electron chi connectivity index (χ4n) is 2.93. The molecule has 1 aromatic heterocycles. The number of ether oxygens (including phenoxy) is 2. The van der Waals surface area contributed by atoms with Gasteiger partial charge in [0, 0.05) is 18.2 Å². The lowest BCUT2D eigenvalue weighted by Gasteiger charge is -2.22. The van der Waals surface area contributed by atoms with Gasteiger partial charge in [-0.15, -0.1) is 11.8 Å². The van der Waals surface area contributed by atoms with Crippen LogP contribution in [0.15, 0.2) is 52.0 Å². The fourth-order valence-corrected chi connectivity index (χ4v) is 3.53. The van der Waals surface area contributed by atoms with E-state index in [1.54, 1.807) is 25.1 Å². The summed E-state index contributed by atoms with van der Waals surface area (Å²) in [5.74, 6) is 1.37. The summed E-state index contributed by atoms with van der Waals surface area (Å²) in [6.45, 7) is 3.97. The predicted molar refractivity (Wildman–Crippen MR) is 123 cm³/mol. The number of carbonyl (C=O) groups excluding carboxylic acids is 1. The van der Waals surface area contributed by atoms with Crippen molar-refractivity contribution in [2.75, 3.05) is 25.3 Å². The van der Waals surface area contributed by atoms with Crippen molar-refractivity contribution in [3.8, 4) is 22.9 Å². The fraction of sp³-hybridized carbons (Fsp3) is 0.273. The van der Waals surface area contributed by atoms with Crippen molar-refractivity contribution in [1.29, 1.82) is 0 Å². The first-order chi connectivity index (χ1) is 15.4. The molecule has 2 aromatic carbocycles. The molecule has 9 nitrogen and oxygen atoms in total. The van der Waals surface area contributed by atoms with E-state index in [1.807, 2.05) is 37.4 Å². The van der Waals surface area contributed by atoms with Crippen LogP contribution in [-0.4, -0.2) is 46.4 Å². The van der Waals surface area contributed by atoms with Gasteiger partial charge in [-0.3, -0.25) is 0 Å². The van der Waals surface area contributed by atoms with Crippen molar-refractivity contribution < 1.29 is 23.9 Å². The number of benzene rings is 2. The van der Waals surface area contributed by atoms with Crippen molar-refractivity contribution in [3.05, 3.63) is 53.9 Å². The number of thioether (sulfide) groups is 1. The minimum absolute atomic E-state index is 0.0321. The highest BCUT2D eigenvalue weighted by molar-refractivity contribution is 8.13. The molecule has 1 heterocycles. The van der Waals surface area contributed by atoms with Gasteiger partial charge in [0.05, 0.1) is 13.7 Å². The molecule has 3 rings (SSSR count). The second-order valence-corrected chi connectivity index (χ2v) is 7.40. The smallest absolute Gasteiger partial charge is 0.434 e. The molecule has 0 aliphatic rings. The Balaban J connectivity index is 1.96. The standard InChI is InChI=1S/C22H24N4O5S/c1-5-30-18-12-15(8-11-17(18)27)19(21(32-4)25-22(28)29-3)24-16-9-6-14(7-10-16)20-23-13(2)31-26-20/h6-12,19,24,27H,5H2,1-4H3. The lowest BCUT2D eigenvalue weighted by molar-refractivity contribution is 0.182. The first-order valence-corrected chi connectivity index (χ1v) is 11.0. The number of aromatic nitrogens is 2. The molecule has 1 atom stereocenters. The Morgan fingerprint density at radius 3 is 2.62 bits per heavy atom. The molecule has 0 saturated heterocycles. The quantitative estimate of drug-likeness (QED) is 0.380. The van der Waals surface area contributed by atoms with Gasteiger partial charge >= 0.3 is 6.09 Å². The Morgan fingerprint density at radius 2 is 2.03 bits per heavy atom. The van der Waals surface area contributed by atoms with Gasteiger partial charge in [-0.1, -0.05) is 11.2 Å². The molecular formula is C22H24N4O5S. The molecule has 168 valence electrons. The van der Waals surface area contributed by atoms with Crippen LogP contribution in [-0.2, 0) is 4.74 Å². The number of aryl methyl sites for hydroxylation is 1. The molecule has 0 aliphatic heterocycles. The molecule has 0 radical (unpaired) electrons. The molecule has 0 saturated carbocycles. The molecule has 1 amide bonds. The van der Waals surface area contributed by atoms with E-state index in [0.717, 1.165) is 16.8 Å². The van der Waals surface area contributed by atoms with E-state index in [-0.39, 0.29) is 5.75 Å². The molecule has 0 fully saturated rings. The first kappa shape index (κ1) is 23.1. The second kappa shape index (κ2) is 10.7. The van der Waals surface area contributed by atoms with Crippen LogP contribution in [0, 0.1) is 6.92 Å². The third kappa shape index (κ3) is 5.58. The SMILES string of the molecule is CCOc1cc(C(Nc2ccc(-c3noc(C)n3)cc2)C(=NC(=O)OC)SC)ccc1O. The number of hydrogen-bond donors (Lipinski definition) is 2. The summed E-state index contributed by atoms with van der Waals surface area (Å²) in [5, 5.41) is 17.9. The molecule has 0 aliphatic carbocycles. The second-order valence-electron chi connectivity index (χ2n) is 6.58. The zero-order valence-corrected chi connectivity index (χ0v) is 19.0. The Labute approximate surface area is 189 Å². The first-order valence-electron chi connectivity index (χ1n) is 9.78. The third-order valence-electron chi connectivity index (χ3n) is 4.43. The minimum atomic E-state index is -0.701. The average Bonchev–Trinajstić information content (AvgIpc) is 3.24. The van der Waals surface area contributed by atoms with E-state index in [0.29, 0.717) is 29.1 Å². The van der Waals surface area contributed by atoms with Crippen LogP contribution in [0.4, 0.5) is 10.5 Å². The van der Waals surface area contributed by atoms with Crippen molar-refractivity contribution in [2.45, 2.75) is 19.9 Å². The molecule has 2 N–H and O–H groups in total. The van der Waals surface area contributed by atoms with Gasteiger partial charge in [-0.25, -0.2) is 4.79 Å². The number of phenolic OH excluding ortho intramolecular Hbond substituents is 1. The van der Waals surface area contributed by atoms with Crippen molar-refractivity contribution in [2.24, 2.45) is 4.99 Å². The highest BCUT2D eigenvalue weighted by Gasteiger charge is 2.21. The van der Waals surface area contributed by atoms with E-state index >= 15 is 0 Å². The summed E-state index contributed by atoms with van der Waals surface area (Å²) >= 11 is 1.31. The molecule has 1 unspecified atom stereocenters. The van der Waals surface area contributed by atoms with Crippen molar-refractivity contribution >= 4 is 28.6 Å². The summed E-state index contributed by atoms with van der Waals surface area (Å²) in [4.78, 5) is 20.2. The molecular weight excluding hydrogens is 432 g/mol. The number of nitrogens with zero attached hydrogens (tertiary/aromatic N) is 3. The van der Waals surface area contributed by atoms with Gasteiger partial charge in [-0.05, 0) is 55.1 Å². The molecule has 32 heavy (non-hydrogen) atoms. The average molecular weight is 457 g/mol. The zero-order chi connectivity index (χ0) is 23.1. The zero-order valence-electron chi connectivity index (χ0n) is 18.2. The lowest BCUT2D eigenvalue weighted by atomic mass is 10.1. The number of amides is 1. The van der Waals surface area contributed by atoms with E-state index in [2.05, 4.69) is 20.4 Å². The number of methoxy groups -OCH3 is 1. The number of rotatable bonds is 7. The summed E-state index contributed by atoms with van der Waals surface area (Å²) < 4.78 is 15.3. The Bertz CT molecular complexity index is 1100. The van der Waals surface area contributed by atoms with E-state index in [4.69, 9.17) is 14.0 Å². The lowest BCUT2D eigenvalue weighted by Crippen LogP contribution is -2.20. The predicted octanol–water partition coefficient (Wildman–Crippen LogP) is 4.83.